The Balaban J connectivity index is 2.07. The number of aryl methyl sites for hydroxylation is 1. The molecule has 6 nitrogen and oxygen atoms in total. The van der Waals surface area contributed by atoms with Gasteiger partial charge in [0.15, 0.2) is 0 Å². The molecule has 2 aromatic rings. The third kappa shape index (κ3) is 3.91. The van der Waals surface area contributed by atoms with E-state index in [4.69, 9.17) is 0 Å². The highest BCUT2D eigenvalue weighted by molar-refractivity contribution is 7.14. The van der Waals surface area contributed by atoms with Crippen molar-refractivity contribution < 1.29 is 19.2 Å². The van der Waals surface area contributed by atoms with E-state index in [9.17, 15) is 24.4 Å². The van der Waals surface area contributed by atoms with Crippen LogP contribution in [0.15, 0.2) is 30.3 Å². The van der Waals surface area contributed by atoms with Gasteiger partial charge < -0.3 is 10.4 Å². The molecule has 0 fully saturated rings. The maximum atomic E-state index is 12.9. The minimum Gasteiger partial charge on any atom is -0.384 e. The van der Waals surface area contributed by atoms with Crippen molar-refractivity contribution in [2.24, 2.45) is 0 Å². The number of thiophene rings is 1. The first-order chi connectivity index (χ1) is 10.7. The number of hydrogen-bond donors (Lipinski definition) is 2. The number of nitrogens with one attached hydrogen (secondary N) is 1. The number of benzene rings is 1. The van der Waals surface area contributed by atoms with E-state index in [0.717, 1.165) is 11.3 Å². The summed E-state index contributed by atoms with van der Waals surface area (Å²) < 4.78 is 12.9. The molecule has 122 valence electrons. The standard InChI is InChI=1S/C15H15FN2O4S/c1-9-12(18(21)22)7-13(23-9)14(19)17-8-15(2,20)10-3-5-11(16)6-4-10/h3-7,20H,8H2,1-2H3,(H,17,19). The summed E-state index contributed by atoms with van der Waals surface area (Å²) in [5.74, 6) is -0.927. The number of halogens is 1. The van der Waals surface area contributed by atoms with Crippen LogP contribution in [0.5, 0.6) is 0 Å². The van der Waals surface area contributed by atoms with Gasteiger partial charge in [-0.1, -0.05) is 12.1 Å². The zero-order chi connectivity index (χ0) is 17.2. The van der Waals surface area contributed by atoms with E-state index in [0.29, 0.717) is 10.4 Å². The second-order valence-electron chi connectivity index (χ2n) is 5.27. The molecule has 1 unspecified atom stereocenters. The summed E-state index contributed by atoms with van der Waals surface area (Å²) in [4.78, 5) is 23.0. The van der Waals surface area contributed by atoms with Gasteiger partial charge in [-0.15, -0.1) is 11.3 Å². The maximum Gasteiger partial charge on any atom is 0.283 e. The van der Waals surface area contributed by atoms with Crippen molar-refractivity contribution >= 4 is 22.9 Å². The lowest BCUT2D eigenvalue weighted by Gasteiger charge is -2.24. The van der Waals surface area contributed by atoms with E-state index in [-0.39, 0.29) is 17.1 Å². The third-order valence-corrected chi connectivity index (χ3v) is 4.41. The molecule has 8 heteroatoms. The van der Waals surface area contributed by atoms with Crippen LogP contribution in [0, 0.1) is 22.9 Å². The lowest BCUT2D eigenvalue weighted by molar-refractivity contribution is -0.385. The Morgan fingerprint density at radius 2 is 2.04 bits per heavy atom. The monoisotopic (exact) mass is 338 g/mol. The molecule has 0 aliphatic carbocycles. The summed E-state index contributed by atoms with van der Waals surface area (Å²) in [6, 6.07) is 6.51. The van der Waals surface area contributed by atoms with Crippen LogP contribution in [0.4, 0.5) is 10.1 Å². The van der Waals surface area contributed by atoms with Gasteiger partial charge in [0.25, 0.3) is 11.6 Å². The summed E-state index contributed by atoms with van der Waals surface area (Å²) in [5.41, 5.74) is -1.04. The molecular formula is C15H15FN2O4S. The number of hydrogen-bond acceptors (Lipinski definition) is 5. The Kier molecular flexibility index (Phi) is 4.76. The number of rotatable bonds is 5. The summed E-state index contributed by atoms with van der Waals surface area (Å²) in [6.45, 7) is 2.94. The van der Waals surface area contributed by atoms with Crippen LogP contribution >= 0.6 is 11.3 Å². The van der Waals surface area contributed by atoms with Gasteiger partial charge in [0, 0.05) is 6.07 Å². The quantitative estimate of drug-likeness (QED) is 0.647. The van der Waals surface area contributed by atoms with Crippen LogP contribution in [0.2, 0.25) is 0 Å². The Morgan fingerprint density at radius 1 is 1.43 bits per heavy atom. The Bertz CT molecular complexity index is 740. The number of aliphatic hydroxyl groups is 1. The zero-order valence-corrected chi connectivity index (χ0v) is 13.3. The Morgan fingerprint density at radius 3 is 2.57 bits per heavy atom. The average Bonchev–Trinajstić information content (AvgIpc) is 2.87. The molecule has 1 atom stereocenters. The van der Waals surface area contributed by atoms with Crippen molar-refractivity contribution in [1.82, 2.24) is 5.32 Å². The number of amides is 1. The molecule has 2 N–H and O–H groups in total. The smallest absolute Gasteiger partial charge is 0.283 e. The molecule has 1 aromatic heterocycles. The van der Waals surface area contributed by atoms with Gasteiger partial charge in [-0.25, -0.2) is 4.39 Å². The van der Waals surface area contributed by atoms with Crippen LogP contribution in [-0.2, 0) is 5.60 Å². The van der Waals surface area contributed by atoms with Crippen molar-refractivity contribution in [3.8, 4) is 0 Å². The zero-order valence-electron chi connectivity index (χ0n) is 12.5. The van der Waals surface area contributed by atoms with Gasteiger partial charge in [-0.05, 0) is 31.5 Å². The maximum absolute atomic E-state index is 12.9. The highest BCUT2D eigenvalue weighted by atomic mass is 32.1. The van der Waals surface area contributed by atoms with Gasteiger partial charge in [0.05, 0.1) is 21.2 Å². The summed E-state index contributed by atoms with van der Waals surface area (Å²) in [7, 11) is 0. The largest absolute Gasteiger partial charge is 0.384 e. The fraction of sp³-hybridized carbons (Fsp3) is 0.267. The fourth-order valence-corrected chi connectivity index (χ4v) is 2.92. The van der Waals surface area contributed by atoms with Crippen molar-refractivity contribution in [3.05, 3.63) is 61.6 Å². The normalized spacial score (nSPS) is 13.4. The molecule has 0 aliphatic heterocycles. The van der Waals surface area contributed by atoms with Crippen LogP contribution < -0.4 is 5.32 Å². The fourth-order valence-electron chi connectivity index (χ4n) is 2.02. The average molecular weight is 338 g/mol. The van der Waals surface area contributed by atoms with E-state index in [1.165, 1.54) is 37.3 Å². The third-order valence-electron chi connectivity index (χ3n) is 3.37. The molecular weight excluding hydrogens is 323 g/mol. The number of nitrogens with zero attached hydrogens (tertiary/aromatic N) is 1. The van der Waals surface area contributed by atoms with Crippen molar-refractivity contribution in [2.45, 2.75) is 19.4 Å². The van der Waals surface area contributed by atoms with Gasteiger partial charge in [0.2, 0.25) is 0 Å². The van der Waals surface area contributed by atoms with Crippen molar-refractivity contribution in [2.75, 3.05) is 6.54 Å². The van der Waals surface area contributed by atoms with Crippen LogP contribution in [0.25, 0.3) is 0 Å². The first-order valence-electron chi connectivity index (χ1n) is 6.72. The first-order valence-corrected chi connectivity index (χ1v) is 7.54. The van der Waals surface area contributed by atoms with Crippen LogP contribution in [0.1, 0.15) is 27.0 Å². The minimum absolute atomic E-state index is 0.106. The molecule has 0 saturated heterocycles. The van der Waals surface area contributed by atoms with E-state index < -0.39 is 22.2 Å². The number of nitro groups is 1. The van der Waals surface area contributed by atoms with Crippen molar-refractivity contribution in [1.29, 1.82) is 0 Å². The molecule has 0 saturated carbocycles. The van der Waals surface area contributed by atoms with E-state index in [1.54, 1.807) is 6.92 Å². The highest BCUT2D eigenvalue weighted by Gasteiger charge is 2.25. The molecule has 23 heavy (non-hydrogen) atoms. The van der Waals surface area contributed by atoms with Gasteiger partial charge in [-0.2, -0.15) is 0 Å². The van der Waals surface area contributed by atoms with Gasteiger partial charge in [-0.3, -0.25) is 14.9 Å². The molecule has 1 amide bonds. The van der Waals surface area contributed by atoms with Crippen LogP contribution in [-0.4, -0.2) is 22.5 Å². The summed E-state index contributed by atoms with van der Waals surface area (Å²) in [5, 5.41) is 23.7. The topological polar surface area (TPSA) is 92.5 Å². The predicted octanol–water partition coefficient (Wildman–Crippen LogP) is 2.74. The highest BCUT2D eigenvalue weighted by Crippen LogP contribution is 2.28. The Hall–Kier alpha value is -2.32. The molecule has 0 spiro atoms. The Labute approximate surface area is 135 Å². The lowest BCUT2D eigenvalue weighted by Crippen LogP contribution is -2.38. The van der Waals surface area contributed by atoms with Crippen LogP contribution in [0.3, 0.4) is 0 Å². The molecule has 0 aliphatic rings. The van der Waals surface area contributed by atoms with Gasteiger partial charge in [0.1, 0.15) is 11.4 Å². The van der Waals surface area contributed by atoms with Gasteiger partial charge >= 0.3 is 0 Å². The molecule has 2 rings (SSSR count). The van der Waals surface area contributed by atoms with E-state index in [1.807, 2.05) is 0 Å². The second-order valence-corrected chi connectivity index (χ2v) is 6.53. The molecule has 0 radical (unpaired) electrons. The minimum atomic E-state index is -1.39. The predicted molar refractivity (Wildman–Crippen MR) is 84.0 cm³/mol. The molecule has 0 bridgehead atoms. The summed E-state index contributed by atoms with van der Waals surface area (Å²) in [6.07, 6.45) is 0. The first kappa shape index (κ1) is 17.0. The van der Waals surface area contributed by atoms with E-state index >= 15 is 0 Å². The number of carbonyl (C=O) groups is 1. The SMILES string of the molecule is Cc1sc(C(=O)NCC(C)(O)c2ccc(F)cc2)cc1[N+](=O)[O-]. The van der Waals surface area contributed by atoms with Crippen molar-refractivity contribution in [3.63, 3.8) is 0 Å². The second kappa shape index (κ2) is 6.43. The van der Waals surface area contributed by atoms with E-state index in [2.05, 4.69) is 5.32 Å². The summed E-state index contributed by atoms with van der Waals surface area (Å²) >= 11 is 1.01. The molecule has 1 aromatic carbocycles. The number of carbonyl (C=O) groups excluding carboxylic acids is 1. The molecule has 1 heterocycles. The lowest BCUT2D eigenvalue weighted by atomic mass is 9.96.